The summed E-state index contributed by atoms with van der Waals surface area (Å²) in [4.78, 5) is 31.5. The van der Waals surface area contributed by atoms with Gasteiger partial charge in [0.15, 0.2) is 0 Å². The highest BCUT2D eigenvalue weighted by atomic mass is 16.5. The van der Waals surface area contributed by atoms with Crippen LogP contribution in [0.2, 0.25) is 0 Å². The Labute approximate surface area is 181 Å². The van der Waals surface area contributed by atoms with E-state index in [0.717, 1.165) is 48.3 Å². The Morgan fingerprint density at radius 1 is 1.06 bits per heavy atom. The third-order valence-electron chi connectivity index (χ3n) is 5.48. The molecule has 0 saturated carbocycles. The van der Waals surface area contributed by atoms with Crippen LogP contribution in [0.25, 0.3) is 10.9 Å². The summed E-state index contributed by atoms with van der Waals surface area (Å²) in [6.07, 6.45) is 1.60. The number of hydrogen-bond donors (Lipinski definition) is 2. The summed E-state index contributed by atoms with van der Waals surface area (Å²) in [5.74, 6) is 0.569. The number of anilines is 1. The first-order chi connectivity index (χ1) is 15.1. The van der Waals surface area contributed by atoms with Gasteiger partial charge in [-0.15, -0.1) is 0 Å². The predicted octanol–water partition coefficient (Wildman–Crippen LogP) is 3.08. The number of nitrogens with one attached hydrogen (secondary N) is 2. The fraction of sp³-hybridized carbons (Fsp3) is 0.292. The highest BCUT2D eigenvalue weighted by Crippen LogP contribution is 2.20. The fourth-order valence-electron chi connectivity index (χ4n) is 3.78. The fourth-order valence-corrected chi connectivity index (χ4v) is 3.78. The lowest BCUT2D eigenvalue weighted by Gasteiger charge is -2.31. The summed E-state index contributed by atoms with van der Waals surface area (Å²) in [7, 11) is 1.62. The number of hydrogen-bond acceptors (Lipinski definition) is 5. The molecule has 1 aliphatic rings. The van der Waals surface area contributed by atoms with E-state index in [0.29, 0.717) is 12.2 Å². The van der Waals surface area contributed by atoms with E-state index in [9.17, 15) is 9.59 Å². The van der Waals surface area contributed by atoms with E-state index < -0.39 is 0 Å². The molecule has 1 aliphatic heterocycles. The Balaban J connectivity index is 1.27. The zero-order chi connectivity index (χ0) is 21.6. The second kappa shape index (κ2) is 9.57. The number of para-hydroxylation sites is 1. The highest BCUT2D eigenvalue weighted by Gasteiger charge is 2.23. The van der Waals surface area contributed by atoms with Gasteiger partial charge in [0.05, 0.1) is 19.2 Å². The number of methoxy groups -OCH3 is 1. The number of piperidine rings is 1. The van der Waals surface area contributed by atoms with E-state index >= 15 is 0 Å². The van der Waals surface area contributed by atoms with Gasteiger partial charge in [0.2, 0.25) is 5.91 Å². The minimum absolute atomic E-state index is 0.0225. The number of nitrogens with zero attached hydrogens (tertiary/aromatic N) is 2. The number of ether oxygens (including phenoxy) is 1. The van der Waals surface area contributed by atoms with Gasteiger partial charge >= 0.3 is 0 Å². The normalized spacial score (nSPS) is 14.9. The Morgan fingerprint density at radius 2 is 1.84 bits per heavy atom. The molecule has 0 radical (unpaired) electrons. The van der Waals surface area contributed by atoms with E-state index in [1.807, 2.05) is 54.6 Å². The summed E-state index contributed by atoms with van der Waals surface area (Å²) in [6.45, 7) is 1.88. The van der Waals surface area contributed by atoms with Gasteiger partial charge in [0.1, 0.15) is 11.4 Å². The van der Waals surface area contributed by atoms with Crippen LogP contribution in [0.4, 0.5) is 5.69 Å². The van der Waals surface area contributed by atoms with Crippen molar-refractivity contribution in [2.45, 2.75) is 18.9 Å². The second-order valence-corrected chi connectivity index (χ2v) is 7.69. The lowest BCUT2D eigenvalue weighted by molar-refractivity contribution is -0.117. The molecular formula is C24H26N4O3. The zero-order valence-electron chi connectivity index (χ0n) is 17.5. The summed E-state index contributed by atoms with van der Waals surface area (Å²) < 4.78 is 5.23. The van der Waals surface area contributed by atoms with Crippen LogP contribution in [0.1, 0.15) is 23.3 Å². The third kappa shape index (κ3) is 5.38. The van der Waals surface area contributed by atoms with Gasteiger partial charge in [-0.05, 0) is 49.2 Å². The van der Waals surface area contributed by atoms with E-state index in [2.05, 4.69) is 20.5 Å². The minimum atomic E-state index is -0.169. The number of carbonyl (C=O) groups excluding carboxylic acids is 2. The molecule has 2 aromatic carbocycles. The maximum Gasteiger partial charge on any atom is 0.270 e. The van der Waals surface area contributed by atoms with E-state index in [1.54, 1.807) is 13.2 Å². The second-order valence-electron chi connectivity index (χ2n) is 7.69. The Morgan fingerprint density at radius 3 is 2.58 bits per heavy atom. The topological polar surface area (TPSA) is 83.6 Å². The molecule has 1 fully saturated rings. The molecule has 1 saturated heterocycles. The van der Waals surface area contributed by atoms with Gasteiger partial charge in [-0.1, -0.05) is 24.3 Å². The molecule has 0 bridgehead atoms. The summed E-state index contributed by atoms with van der Waals surface area (Å²) in [6, 6.07) is 18.7. The minimum Gasteiger partial charge on any atom is -0.497 e. The van der Waals surface area contributed by atoms with Crippen LogP contribution in [-0.2, 0) is 4.79 Å². The summed E-state index contributed by atoms with van der Waals surface area (Å²) in [5.41, 5.74) is 1.96. The van der Waals surface area contributed by atoms with E-state index in [4.69, 9.17) is 4.74 Å². The van der Waals surface area contributed by atoms with Crippen molar-refractivity contribution in [2.75, 3.05) is 32.1 Å². The molecule has 0 aliphatic carbocycles. The Bertz CT molecular complexity index is 1060. The largest absolute Gasteiger partial charge is 0.497 e. The van der Waals surface area contributed by atoms with Crippen molar-refractivity contribution in [3.05, 3.63) is 66.4 Å². The van der Waals surface area contributed by atoms with Gasteiger partial charge in [0.25, 0.3) is 5.91 Å². The van der Waals surface area contributed by atoms with Crippen molar-refractivity contribution in [1.29, 1.82) is 0 Å². The molecular weight excluding hydrogens is 392 g/mol. The quantitative estimate of drug-likeness (QED) is 0.643. The molecule has 0 unspecified atom stereocenters. The molecule has 2 heterocycles. The number of carbonyl (C=O) groups is 2. The average molecular weight is 418 g/mol. The number of likely N-dealkylation sites (tertiary alicyclic amines) is 1. The Hall–Kier alpha value is -3.45. The molecule has 2 amide bonds. The molecule has 31 heavy (non-hydrogen) atoms. The molecule has 2 N–H and O–H groups in total. The standard InChI is InChI=1S/C24H26N4O3/c1-31-20-8-10-21-17(15-20)7-9-22(27-21)24(30)26-19-11-13-28(14-12-19)16-23(29)25-18-5-3-2-4-6-18/h2-10,15,19H,11-14,16H2,1H3,(H,25,29)(H,26,30). The van der Waals surface area contributed by atoms with Gasteiger partial charge in [0, 0.05) is 30.2 Å². The van der Waals surface area contributed by atoms with Crippen molar-refractivity contribution >= 4 is 28.4 Å². The zero-order valence-corrected chi connectivity index (χ0v) is 17.5. The molecule has 160 valence electrons. The van der Waals surface area contributed by atoms with Crippen LogP contribution in [0.15, 0.2) is 60.7 Å². The third-order valence-corrected chi connectivity index (χ3v) is 5.48. The molecule has 4 rings (SSSR count). The van der Waals surface area contributed by atoms with Gasteiger partial charge in [-0.25, -0.2) is 4.98 Å². The van der Waals surface area contributed by atoms with E-state index in [-0.39, 0.29) is 17.9 Å². The number of amides is 2. The molecule has 1 aromatic heterocycles. The van der Waals surface area contributed by atoms with Crippen LogP contribution in [0.3, 0.4) is 0 Å². The molecule has 0 spiro atoms. The Kier molecular flexibility index (Phi) is 6.43. The molecule has 7 nitrogen and oxygen atoms in total. The van der Waals surface area contributed by atoms with Gasteiger partial charge in [-0.2, -0.15) is 0 Å². The first-order valence-corrected chi connectivity index (χ1v) is 10.4. The van der Waals surface area contributed by atoms with E-state index in [1.165, 1.54) is 0 Å². The van der Waals surface area contributed by atoms with Crippen LogP contribution >= 0.6 is 0 Å². The first-order valence-electron chi connectivity index (χ1n) is 10.4. The maximum atomic E-state index is 12.7. The smallest absolute Gasteiger partial charge is 0.270 e. The molecule has 7 heteroatoms. The van der Waals surface area contributed by atoms with Crippen molar-refractivity contribution in [2.24, 2.45) is 0 Å². The molecule has 3 aromatic rings. The van der Waals surface area contributed by atoms with Crippen LogP contribution < -0.4 is 15.4 Å². The summed E-state index contributed by atoms with van der Waals surface area (Å²) in [5, 5.41) is 6.92. The number of rotatable bonds is 6. The lowest BCUT2D eigenvalue weighted by atomic mass is 10.0. The van der Waals surface area contributed by atoms with Crippen LogP contribution in [0.5, 0.6) is 5.75 Å². The van der Waals surface area contributed by atoms with Crippen molar-refractivity contribution < 1.29 is 14.3 Å². The lowest BCUT2D eigenvalue weighted by Crippen LogP contribution is -2.46. The highest BCUT2D eigenvalue weighted by molar-refractivity contribution is 5.95. The van der Waals surface area contributed by atoms with Crippen LogP contribution in [-0.4, -0.2) is 54.5 Å². The van der Waals surface area contributed by atoms with Crippen LogP contribution in [0, 0.1) is 0 Å². The number of aromatic nitrogens is 1. The van der Waals surface area contributed by atoms with Gasteiger partial charge in [-0.3, -0.25) is 14.5 Å². The number of benzene rings is 2. The van der Waals surface area contributed by atoms with Crippen molar-refractivity contribution in [3.63, 3.8) is 0 Å². The number of fused-ring (bicyclic) bond motifs is 1. The average Bonchev–Trinajstić information content (AvgIpc) is 2.80. The first kappa shape index (κ1) is 20.8. The summed E-state index contributed by atoms with van der Waals surface area (Å²) >= 11 is 0. The van der Waals surface area contributed by atoms with Gasteiger partial charge < -0.3 is 15.4 Å². The number of pyridine rings is 1. The SMILES string of the molecule is COc1ccc2nc(C(=O)NC3CCN(CC(=O)Nc4ccccc4)CC3)ccc2c1. The monoisotopic (exact) mass is 418 g/mol. The van der Waals surface area contributed by atoms with Crippen molar-refractivity contribution in [1.82, 2.24) is 15.2 Å². The molecule has 0 atom stereocenters. The van der Waals surface area contributed by atoms with Crippen molar-refractivity contribution in [3.8, 4) is 5.75 Å². The predicted molar refractivity (Wildman–Crippen MR) is 120 cm³/mol. The maximum absolute atomic E-state index is 12.7.